The van der Waals surface area contributed by atoms with E-state index in [-0.39, 0.29) is 6.10 Å². The van der Waals surface area contributed by atoms with Gasteiger partial charge in [0.15, 0.2) is 0 Å². The van der Waals surface area contributed by atoms with Gasteiger partial charge in [-0.3, -0.25) is 4.67 Å². The molecule has 1 heterocycles. The predicted octanol–water partition coefficient (Wildman–Crippen LogP) is 3.02. The van der Waals surface area contributed by atoms with E-state index in [1.165, 1.54) is 5.56 Å². The Kier molecular flexibility index (Phi) is 3.00. The summed E-state index contributed by atoms with van der Waals surface area (Å²) in [5.74, 6) is 0. The molecule has 0 amide bonds. The zero-order valence-corrected chi connectivity index (χ0v) is 11.0. The Morgan fingerprint density at radius 2 is 1.93 bits per heavy atom. The van der Waals surface area contributed by atoms with Crippen LogP contribution in [0.25, 0.3) is 0 Å². The molecule has 0 bridgehead atoms. The summed E-state index contributed by atoms with van der Waals surface area (Å²) in [6.45, 7) is 4.22. The first-order chi connectivity index (χ1) is 7.02. The first-order valence-electron chi connectivity index (χ1n) is 5.06. The van der Waals surface area contributed by atoms with E-state index in [4.69, 9.17) is 16.3 Å². The molecular formula is C11H16NOPS. The second-order valence-electron chi connectivity index (χ2n) is 4.05. The molecule has 0 aliphatic carbocycles. The lowest BCUT2D eigenvalue weighted by Gasteiger charge is -2.20. The van der Waals surface area contributed by atoms with Gasteiger partial charge in [-0.05, 0) is 19.5 Å². The van der Waals surface area contributed by atoms with E-state index in [0.717, 1.165) is 0 Å². The number of likely N-dealkylation sites (N-methyl/N-ethyl adjacent to an activating group) is 1. The molecule has 1 aliphatic rings. The molecule has 1 saturated heterocycles. The van der Waals surface area contributed by atoms with Crippen molar-refractivity contribution in [3.05, 3.63) is 35.9 Å². The van der Waals surface area contributed by atoms with Gasteiger partial charge in [0, 0.05) is 12.7 Å². The van der Waals surface area contributed by atoms with Gasteiger partial charge >= 0.3 is 0 Å². The Morgan fingerprint density at radius 1 is 1.33 bits per heavy atom. The number of hydrogen-bond acceptors (Lipinski definition) is 2. The van der Waals surface area contributed by atoms with Crippen LogP contribution in [0.15, 0.2) is 30.3 Å². The van der Waals surface area contributed by atoms with Crippen LogP contribution in [0, 0.1) is 0 Å². The zero-order chi connectivity index (χ0) is 11.1. The molecule has 0 saturated carbocycles. The zero-order valence-electron chi connectivity index (χ0n) is 9.25. The molecule has 1 fully saturated rings. The number of rotatable bonds is 1. The van der Waals surface area contributed by atoms with Crippen molar-refractivity contribution in [1.82, 2.24) is 4.67 Å². The van der Waals surface area contributed by atoms with Crippen molar-refractivity contribution in [2.75, 3.05) is 13.7 Å². The van der Waals surface area contributed by atoms with Gasteiger partial charge in [0.05, 0.1) is 0 Å². The van der Waals surface area contributed by atoms with E-state index >= 15 is 0 Å². The van der Waals surface area contributed by atoms with Crippen molar-refractivity contribution < 1.29 is 4.52 Å². The van der Waals surface area contributed by atoms with Crippen LogP contribution in [0.5, 0.6) is 0 Å². The van der Waals surface area contributed by atoms with Gasteiger partial charge in [-0.1, -0.05) is 42.1 Å². The minimum Gasteiger partial charge on any atom is -0.328 e. The van der Waals surface area contributed by atoms with Crippen LogP contribution in [-0.4, -0.2) is 24.4 Å². The first-order valence-corrected chi connectivity index (χ1v) is 8.18. The van der Waals surface area contributed by atoms with Crippen molar-refractivity contribution >= 4 is 18.2 Å². The number of hydrogen-bond donors (Lipinski definition) is 0. The highest BCUT2D eigenvalue weighted by Gasteiger charge is 2.39. The molecule has 4 heteroatoms. The molecule has 15 heavy (non-hydrogen) atoms. The smallest absolute Gasteiger partial charge is 0.129 e. The first kappa shape index (κ1) is 11.3. The van der Waals surface area contributed by atoms with E-state index in [0.29, 0.717) is 6.04 Å². The van der Waals surface area contributed by atoms with Gasteiger partial charge in [0.25, 0.3) is 0 Å². The molecule has 82 valence electrons. The molecule has 0 spiro atoms. The summed E-state index contributed by atoms with van der Waals surface area (Å²) in [4.78, 5) is 0. The van der Waals surface area contributed by atoms with Crippen molar-refractivity contribution in [1.29, 1.82) is 0 Å². The van der Waals surface area contributed by atoms with Gasteiger partial charge in [-0.15, -0.1) is 0 Å². The maximum atomic E-state index is 6.01. The highest BCUT2D eigenvalue weighted by atomic mass is 32.4. The van der Waals surface area contributed by atoms with Crippen molar-refractivity contribution in [2.45, 2.75) is 19.1 Å². The molecule has 1 aliphatic heterocycles. The van der Waals surface area contributed by atoms with E-state index in [1.54, 1.807) is 0 Å². The lowest BCUT2D eigenvalue weighted by molar-refractivity contribution is 0.217. The minimum absolute atomic E-state index is 0.132. The van der Waals surface area contributed by atoms with Crippen molar-refractivity contribution in [3.8, 4) is 0 Å². The largest absolute Gasteiger partial charge is 0.328 e. The minimum atomic E-state index is -1.75. The average Bonchev–Trinajstić information content (AvgIpc) is 2.44. The van der Waals surface area contributed by atoms with Gasteiger partial charge in [0.1, 0.15) is 12.5 Å². The van der Waals surface area contributed by atoms with Crippen LogP contribution in [0.2, 0.25) is 0 Å². The Labute approximate surface area is 96.4 Å². The van der Waals surface area contributed by atoms with Gasteiger partial charge in [0.2, 0.25) is 0 Å². The monoisotopic (exact) mass is 241 g/mol. The van der Waals surface area contributed by atoms with E-state index in [1.807, 2.05) is 24.9 Å². The van der Waals surface area contributed by atoms with Gasteiger partial charge in [-0.25, -0.2) is 0 Å². The highest BCUT2D eigenvalue weighted by Crippen LogP contribution is 2.59. The maximum Gasteiger partial charge on any atom is 0.129 e. The fraction of sp³-hybridized carbons (Fsp3) is 0.455. The molecule has 0 N–H and O–H groups in total. The summed E-state index contributed by atoms with van der Waals surface area (Å²) in [6, 6.07) is 10.7. The summed E-state index contributed by atoms with van der Waals surface area (Å²) in [5, 5.41) is 0. The standard InChI is InChI=1S/C11H16NOPS/c1-9-11(10-7-5-4-6-8-10)13-14(3,15)12(9)2/h4-9,11H,1-3H3. The summed E-state index contributed by atoms with van der Waals surface area (Å²) in [6.07, 6.45) is -1.61. The lowest BCUT2D eigenvalue weighted by Crippen LogP contribution is -2.22. The van der Waals surface area contributed by atoms with E-state index in [9.17, 15) is 0 Å². The summed E-state index contributed by atoms with van der Waals surface area (Å²) in [7, 11) is 2.06. The Balaban J connectivity index is 2.31. The molecule has 3 unspecified atom stereocenters. The summed E-state index contributed by atoms with van der Waals surface area (Å²) in [5.41, 5.74) is 1.23. The second-order valence-corrected chi connectivity index (χ2v) is 8.53. The second kappa shape index (κ2) is 3.99. The van der Waals surface area contributed by atoms with Crippen LogP contribution in [0.1, 0.15) is 18.6 Å². The SMILES string of the molecule is CC1C(c2ccccc2)OP(C)(=S)N1C. The Bertz CT molecular complexity index is 395. The highest BCUT2D eigenvalue weighted by molar-refractivity contribution is 8.10. The van der Waals surface area contributed by atoms with Crippen LogP contribution in [-0.2, 0) is 16.3 Å². The summed E-state index contributed by atoms with van der Waals surface area (Å²) >= 11 is 5.50. The van der Waals surface area contributed by atoms with Gasteiger partial charge in [-0.2, -0.15) is 0 Å². The van der Waals surface area contributed by atoms with Crippen molar-refractivity contribution in [2.24, 2.45) is 0 Å². The summed E-state index contributed by atoms with van der Waals surface area (Å²) < 4.78 is 8.22. The third-order valence-electron chi connectivity index (χ3n) is 3.04. The van der Waals surface area contributed by atoms with E-state index in [2.05, 4.69) is 30.8 Å². The molecule has 0 radical (unpaired) electrons. The third kappa shape index (κ3) is 2.02. The lowest BCUT2D eigenvalue weighted by atomic mass is 10.0. The fourth-order valence-corrected chi connectivity index (χ4v) is 4.26. The topological polar surface area (TPSA) is 12.5 Å². The molecule has 2 rings (SSSR count). The van der Waals surface area contributed by atoms with Crippen LogP contribution < -0.4 is 0 Å². The molecule has 1 aromatic rings. The maximum absolute atomic E-state index is 6.01. The molecule has 2 nitrogen and oxygen atoms in total. The van der Waals surface area contributed by atoms with Crippen LogP contribution >= 0.6 is 6.42 Å². The Morgan fingerprint density at radius 3 is 2.40 bits per heavy atom. The molecule has 1 aromatic carbocycles. The predicted molar refractivity (Wildman–Crippen MR) is 67.7 cm³/mol. The normalized spacial score (nSPS) is 37.0. The van der Waals surface area contributed by atoms with Crippen molar-refractivity contribution in [3.63, 3.8) is 0 Å². The molecular weight excluding hydrogens is 225 g/mol. The Hall–Kier alpha value is -0.210. The van der Waals surface area contributed by atoms with E-state index < -0.39 is 6.42 Å². The quantitative estimate of drug-likeness (QED) is 0.701. The number of nitrogens with zero attached hydrogens (tertiary/aromatic N) is 1. The van der Waals surface area contributed by atoms with Gasteiger partial charge < -0.3 is 4.52 Å². The molecule has 3 atom stereocenters. The fourth-order valence-electron chi connectivity index (χ4n) is 1.88. The average molecular weight is 241 g/mol. The van der Waals surface area contributed by atoms with Crippen LogP contribution in [0.3, 0.4) is 0 Å². The third-order valence-corrected chi connectivity index (χ3v) is 6.20. The molecule has 0 aromatic heterocycles. The van der Waals surface area contributed by atoms with Crippen LogP contribution in [0.4, 0.5) is 0 Å². The number of benzene rings is 1.